The van der Waals surface area contributed by atoms with Crippen molar-refractivity contribution < 1.29 is 18.6 Å². The summed E-state index contributed by atoms with van der Waals surface area (Å²) < 4.78 is 20.9. The zero-order valence-corrected chi connectivity index (χ0v) is 14.3. The number of rotatable bonds is 5. The molecule has 0 spiro atoms. The first kappa shape index (κ1) is 16.8. The molecule has 0 aliphatic rings. The fourth-order valence-corrected chi connectivity index (χ4v) is 3.34. The van der Waals surface area contributed by atoms with E-state index in [1.807, 2.05) is 0 Å². The van der Waals surface area contributed by atoms with Crippen LogP contribution in [0.5, 0.6) is 5.75 Å². The van der Waals surface area contributed by atoms with Gasteiger partial charge in [0.1, 0.15) is 23.6 Å². The Morgan fingerprint density at radius 1 is 1.16 bits per heavy atom. The van der Waals surface area contributed by atoms with E-state index in [0.29, 0.717) is 21.4 Å². The number of non-ortho nitro benzene ring substituents is 1. The predicted octanol–water partition coefficient (Wildman–Crippen LogP) is 1.78. The summed E-state index contributed by atoms with van der Waals surface area (Å²) in [6.45, 7) is 0. The second kappa shape index (κ2) is 6.81. The summed E-state index contributed by atoms with van der Waals surface area (Å²) in [4.78, 5) is 10.9. The van der Waals surface area contributed by atoms with Gasteiger partial charge in [0, 0.05) is 17.0 Å². The van der Waals surface area contributed by atoms with Crippen molar-refractivity contribution in [1.29, 1.82) is 0 Å². The lowest BCUT2D eigenvalue weighted by Crippen LogP contribution is -2.32. The molecule has 128 valence electrons. The predicted molar refractivity (Wildman–Crippen MR) is 89.1 cm³/mol. The van der Waals surface area contributed by atoms with Crippen molar-refractivity contribution in [2.75, 3.05) is 7.11 Å². The van der Waals surface area contributed by atoms with Crippen molar-refractivity contribution in [2.45, 2.75) is 9.92 Å². The molecule has 1 unspecified atom stereocenters. The highest BCUT2D eigenvalue weighted by Gasteiger charge is 2.22. The Balaban J connectivity index is 1.91. The molecular formula is C16H15N4O4S+. The first-order valence-corrected chi connectivity index (χ1v) is 8.41. The number of benzene rings is 2. The van der Waals surface area contributed by atoms with Gasteiger partial charge in [0.05, 0.1) is 17.2 Å². The van der Waals surface area contributed by atoms with Crippen LogP contribution in [0.2, 0.25) is 0 Å². The number of nitro benzene ring substituents is 1. The molecule has 1 atom stereocenters. The quantitative estimate of drug-likeness (QED) is 0.393. The fraction of sp³-hybridized carbons (Fsp3) is 0.125. The Morgan fingerprint density at radius 2 is 1.80 bits per heavy atom. The van der Waals surface area contributed by atoms with Crippen molar-refractivity contribution in [3.8, 4) is 11.4 Å². The summed E-state index contributed by atoms with van der Waals surface area (Å²) in [6.07, 6.45) is 1.64. The summed E-state index contributed by atoms with van der Waals surface area (Å²) in [5, 5.41) is 15.5. The molecule has 9 heteroatoms. The van der Waals surface area contributed by atoms with Gasteiger partial charge in [-0.25, -0.2) is 4.21 Å². The van der Waals surface area contributed by atoms with Gasteiger partial charge in [-0.3, -0.25) is 10.1 Å². The maximum absolute atomic E-state index is 12.8. The average molecular weight is 359 g/mol. The highest BCUT2D eigenvalue weighted by atomic mass is 32.2. The van der Waals surface area contributed by atoms with Crippen LogP contribution in [0.4, 0.5) is 5.69 Å². The number of nitrogens with zero attached hydrogens (tertiary/aromatic N) is 4. The lowest BCUT2D eigenvalue weighted by molar-refractivity contribution is -0.662. The van der Waals surface area contributed by atoms with Crippen LogP contribution in [0.15, 0.2) is 64.6 Å². The number of ether oxygens (including phenoxy) is 1. The van der Waals surface area contributed by atoms with E-state index < -0.39 is 15.7 Å². The van der Waals surface area contributed by atoms with Gasteiger partial charge in [0.25, 0.3) is 10.7 Å². The number of hydrogen-bond donors (Lipinski definition) is 0. The Hall–Kier alpha value is -3.07. The molecule has 0 aliphatic carbocycles. The Bertz CT molecular complexity index is 936. The first-order chi connectivity index (χ1) is 12.0. The fourth-order valence-electron chi connectivity index (χ4n) is 2.24. The molecule has 3 rings (SSSR count). The minimum absolute atomic E-state index is 0.00214. The van der Waals surface area contributed by atoms with E-state index in [2.05, 4.69) is 5.21 Å². The van der Waals surface area contributed by atoms with E-state index in [9.17, 15) is 14.3 Å². The van der Waals surface area contributed by atoms with Gasteiger partial charge in [-0.15, -0.1) is 9.36 Å². The number of hydrogen-bond acceptors (Lipinski definition) is 5. The van der Waals surface area contributed by atoms with E-state index in [4.69, 9.17) is 4.74 Å². The molecule has 1 heterocycles. The molecule has 0 saturated heterocycles. The van der Waals surface area contributed by atoms with Crippen LogP contribution in [-0.4, -0.2) is 26.1 Å². The van der Waals surface area contributed by atoms with Crippen LogP contribution in [0, 0.1) is 10.1 Å². The van der Waals surface area contributed by atoms with Crippen molar-refractivity contribution in [3.63, 3.8) is 0 Å². The van der Waals surface area contributed by atoms with E-state index >= 15 is 0 Å². The Morgan fingerprint density at radius 3 is 2.36 bits per heavy atom. The largest absolute Gasteiger partial charge is 0.497 e. The molecule has 1 aromatic heterocycles. The molecule has 25 heavy (non-hydrogen) atoms. The number of aromatic nitrogens is 3. The molecule has 0 radical (unpaired) electrons. The van der Waals surface area contributed by atoms with Crippen LogP contribution in [0.3, 0.4) is 0 Å². The van der Waals surface area contributed by atoms with E-state index in [1.54, 1.807) is 56.8 Å². The highest BCUT2D eigenvalue weighted by molar-refractivity contribution is 7.85. The molecule has 0 aliphatic heterocycles. The summed E-state index contributed by atoms with van der Waals surface area (Å²) >= 11 is 0. The second-order valence-electron chi connectivity index (χ2n) is 5.14. The Kier molecular flexibility index (Phi) is 4.57. The molecular weight excluding hydrogens is 344 g/mol. The monoisotopic (exact) mass is 359 g/mol. The van der Waals surface area contributed by atoms with Gasteiger partial charge >= 0.3 is 0 Å². The summed E-state index contributed by atoms with van der Waals surface area (Å²) in [5.74, 6) is 0.687. The van der Waals surface area contributed by atoms with Gasteiger partial charge in [-0.2, -0.15) is 0 Å². The second-order valence-corrected chi connectivity index (χ2v) is 6.57. The molecule has 0 amide bonds. The smallest absolute Gasteiger partial charge is 0.269 e. The lowest BCUT2D eigenvalue weighted by Gasteiger charge is -2.00. The van der Waals surface area contributed by atoms with Gasteiger partial charge in [-0.05, 0) is 36.4 Å². The Labute approximate surface area is 145 Å². The van der Waals surface area contributed by atoms with Crippen molar-refractivity contribution in [1.82, 2.24) is 9.90 Å². The van der Waals surface area contributed by atoms with E-state index in [0.717, 1.165) is 0 Å². The minimum atomic E-state index is -1.42. The highest BCUT2D eigenvalue weighted by Crippen LogP contribution is 2.19. The number of nitro groups is 1. The van der Waals surface area contributed by atoms with E-state index in [-0.39, 0.29) is 5.69 Å². The third kappa shape index (κ3) is 3.41. The standard InChI is InChI=1S/C16H15N4O4S/c1-18-16(25(23)15-9-7-14(24-2)8-10-15)11-19(17-18)12-3-5-13(6-4-12)20(21)22/h3-11H,1-2H3/q+1. The maximum atomic E-state index is 12.8. The summed E-state index contributed by atoms with van der Waals surface area (Å²) in [7, 11) is 1.85. The third-order valence-corrected chi connectivity index (χ3v) is 5.02. The van der Waals surface area contributed by atoms with Crippen LogP contribution in [-0.2, 0) is 17.8 Å². The number of aryl methyl sites for hydroxylation is 1. The summed E-state index contributed by atoms with van der Waals surface area (Å²) in [6, 6.07) is 12.9. The lowest BCUT2D eigenvalue weighted by atomic mass is 10.3. The third-order valence-electron chi connectivity index (χ3n) is 3.57. The van der Waals surface area contributed by atoms with Gasteiger partial charge in [-0.1, -0.05) is 0 Å². The topological polar surface area (TPSA) is 91.1 Å². The van der Waals surface area contributed by atoms with Gasteiger partial charge in [0.15, 0.2) is 11.9 Å². The van der Waals surface area contributed by atoms with Crippen molar-refractivity contribution >= 4 is 16.5 Å². The van der Waals surface area contributed by atoms with Crippen LogP contribution >= 0.6 is 0 Å². The van der Waals surface area contributed by atoms with Crippen molar-refractivity contribution in [2.24, 2.45) is 7.05 Å². The van der Waals surface area contributed by atoms with E-state index in [1.165, 1.54) is 21.5 Å². The summed E-state index contributed by atoms with van der Waals surface area (Å²) in [5.41, 5.74) is 0.640. The number of methoxy groups -OCH3 is 1. The zero-order chi connectivity index (χ0) is 18.0. The van der Waals surface area contributed by atoms with Crippen LogP contribution in [0.1, 0.15) is 0 Å². The molecule has 8 nitrogen and oxygen atoms in total. The molecule has 2 aromatic carbocycles. The van der Waals surface area contributed by atoms with Gasteiger partial charge in [0.2, 0.25) is 0 Å². The maximum Gasteiger partial charge on any atom is 0.269 e. The van der Waals surface area contributed by atoms with Crippen LogP contribution in [0.25, 0.3) is 5.69 Å². The van der Waals surface area contributed by atoms with Crippen LogP contribution < -0.4 is 9.42 Å². The normalized spacial score (nSPS) is 11.9. The SMILES string of the molecule is COc1ccc(S(=O)c2c[n+](-c3ccc([N+](=O)[O-])cc3)nn2C)cc1. The first-order valence-electron chi connectivity index (χ1n) is 7.26. The molecule has 3 aromatic rings. The van der Waals surface area contributed by atoms with Gasteiger partial charge < -0.3 is 4.74 Å². The molecule has 0 bridgehead atoms. The minimum Gasteiger partial charge on any atom is -0.497 e. The molecule has 0 N–H and O–H groups in total. The zero-order valence-electron chi connectivity index (χ0n) is 13.5. The average Bonchev–Trinajstić information content (AvgIpc) is 3.03. The molecule has 0 fully saturated rings. The van der Waals surface area contributed by atoms with Crippen molar-refractivity contribution in [3.05, 3.63) is 64.8 Å². The molecule has 0 saturated carbocycles.